The SMILES string of the molecule is CCOCn1c2c(c(=O)[nH]c1=O)C(C)CC2c1ccccc1. The second kappa shape index (κ2) is 5.93. The predicted octanol–water partition coefficient (Wildman–Crippen LogP) is 2.17. The van der Waals surface area contributed by atoms with Gasteiger partial charge in [-0.15, -0.1) is 0 Å². The molecule has 2 unspecified atom stereocenters. The van der Waals surface area contributed by atoms with Crippen LogP contribution in [0, 0.1) is 0 Å². The van der Waals surface area contributed by atoms with Gasteiger partial charge in [-0.2, -0.15) is 0 Å². The van der Waals surface area contributed by atoms with Crippen LogP contribution in [0.1, 0.15) is 48.9 Å². The van der Waals surface area contributed by atoms with Gasteiger partial charge in [0.15, 0.2) is 0 Å². The summed E-state index contributed by atoms with van der Waals surface area (Å²) in [7, 11) is 0. The molecule has 1 N–H and O–H groups in total. The average molecular weight is 300 g/mol. The van der Waals surface area contributed by atoms with Crippen LogP contribution in [0.15, 0.2) is 39.9 Å². The summed E-state index contributed by atoms with van der Waals surface area (Å²) in [5.41, 5.74) is 1.99. The molecule has 0 saturated heterocycles. The highest BCUT2D eigenvalue weighted by Gasteiger charge is 2.35. The van der Waals surface area contributed by atoms with Crippen molar-refractivity contribution in [3.8, 4) is 0 Å². The number of nitrogens with one attached hydrogen (secondary N) is 1. The molecule has 2 atom stereocenters. The van der Waals surface area contributed by atoms with Gasteiger partial charge in [0, 0.05) is 23.8 Å². The summed E-state index contributed by atoms with van der Waals surface area (Å²) in [4.78, 5) is 26.9. The van der Waals surface area contributed by atoms with Crippen LogP contribution in [0.25, 0.3) is 0 Å². The maximum absolute atomic E-state index is 12.2. The number of hydrogen-bond acceptors (Lipinski definition) is 3. The van der Waals surface area contributed by atoms with Crippen molar-refractivity contribution in [1.82, 2.24) is 9.55 Å². The lowest BCUT2D eigenvalue weighted by atomic mass is 9.95. The van der Waals surface area contributed by atoms with Crippen LogP contribution in [0.5, 0.6) is 0 Å². The van der Waals surface area contributed by atoms with E-state index in [0.29, 0.717) is 12.2 Å². The number of ether oxygens (including phenoxy) is 1. The number of aromatic nitrogens is 2. The third-order valence-corrected chi connectivity index (χ3v) is 4.32. The molecule has 1 aliphatic rings. The Morgan fingerprint density at radius 3 is 2.68 bits per heavy atom. The molecule has 1 aliphatic carbocycles. The fourth-order valence-electron chi connectivity index (χ4n) is 3.33. The van der Waals surface area contributed by atoms with Crippen molar-refractivity contribution >= 4 is 0 Å². The molecule has 0 bridgehead atoms. The van der Waals surface area contributed by atoms with Gasteiger partial charge in [0.25, 0.3) is 5.56 Å². The highest BCUT2D eigenvalue weighted by molar-refractivity contribution is 5.39. The zero-order valence-corrected chi connectivity index (χ0v) is 12.8. The van der Waals surface area contributed by atoms with Gasteiger partial charge >= 0.3 is 5.69 Å². The molecule has 0 aliphatic heterocycles. The molecule has 0 radical (unpaired) electrons. The molecule has 1 aromatic carbocycles. The lowest BCUT2D eigenvalue weighted by molar-refractivity contribution is 0.0819. The van der Waals surface area contributed by atoms with E-state index in [0.717, 1.165) is 17.7 Å². The standard InChI is InChI=1S/C17H20N2O3/c1-3-22-10-19-15-13(12-7-5-4-6-8-12)9-11(2)14(15)16(20)18-17(19)21/h4-8,11,13H,3,9-10H2,1-2H3,(H,18,20,21). The maximum atomic E-state index is 12.2. The van der Waals surface area contributed by atoms with Crippen LogP contribution in [0.4, 0.5) is 0 Å². The number of H-pyrrole nitrogens is 1. The van der Waals surface area contributed by atoms with Gasteiger partial charge in [-0.05, 0) is 24.8 Å². The van der Waals surface area contributed by atoms with Crippen LogP contribution in [-0.4, -0.2) is 16.2 Å². The second-order valence-corrected chi connectivity index (χ2v) is 5.71. The Morgan fingerprint density at radius 2 is 2.00 bits per heavy atom. The summed E-state index contributed by atoms with van der Waals surface area (Å²) in [6.45, 7) is 4.61. The number of aromatic amines is 1. The van der Waals surface area contributed by atoms with Crippen LogP contribution in [-0.2, 0) is 11.5 Å². The van der Waals surface area contributed by atoms with E-state index in [1.165, 1.54) is 0 Å². The summed E-state index contributed by atoms with van der Waals surface area (Å²) >= 11 is 0. The highest BCUT2D eigenvalue weighted by atomic mass is 16.5. The predicted molar refractivity (Wildman–Crippen MR) is 84.3 cm³/mol. The van der Waals surface area contributed by atoms with Gasteiger partial charge in [-0.25, -0.2) is 4.79 Å². The number of benzene rings is 1. The third-order valence-electron chi connectivity index (χ3n) is 4.32. The van der Waals surface area contributed by atoms with Gasteiger partial charge < -0.3 is 4.74 Å². The number of nitrogens with zero attached hydrogens (tertiary/aromatic N) is 1. The van der Waals surface area contributed by atoms with Crippen molar-refractivity contribution in [2.45, 2.75) is 38.8 Å². The van der Waals surface area contributed by atoms with E-state index in [4.69, 9.17) is 4.74 Å². The minimum atomic E-state index is -0.396. The minimum absolute atomic E-state index is 0.0571. The van der Waals surface area contributed by atoms with E-state index in [1.807, 2.05) is 44.2 Å². The van der Waals surface area contributed by atoms with Crippen molar-refractivity contribution in [1.29, 1.82) is 0 Å². The van der Waals surface area contributed by atoms with Gasteiger partial charge in [-0.3, -0.25) is 14.3 Å². The first-order valence-electron chi connectivity index (χ1n) is 7.63. The van der Waals surface area contributed by atoms with Crippen molar-refractivity contribution < 1.29 is 4.74 Å². The summed E-state index contributed by atoms with van der Waals surface area (Å²) in [5.74, 6) is 0.180. The zero-order chi connectivity index (χ0) is 15.7. The van der Waals surface area contributed by atoms with Crippen molar-refractivity contribution in [2.75, 3.05) is 6.61 Å². The molecule has 116 valence electrons. The van der Waals surface area contributed by atoms with Crippen LogP contribution < -0.4 is 11.2 Å². The summed E-state index contributed by atoms with van der Waals surface area (Å²) < 4.78 is 7.00. The van der Waals surface area contributed by atoms with E-state index in [-0.39, 0.29) is 24.1 Å². The summed E-state index contributed by atoms with van der Waals surface area (Å²) in [5, 5.41) is 0. The first-order chi connectivity index (χ1) is 10.6. The van der Waals surface area contributed by atoms with Gasteiger partial charge in [0.2, 0.25) is 0 Å². The van der Waals surface area contributed by atoms with Crippen LogP contribution >= 0.6 is 0 Å². The number of fused-ring (bicyclic) bond motifs is 1. The smallest absolute Gasteiger partial charge is 0.330 e. The summed E-state index contributed by atoms with van der Waals surface area (Å²) in [6.07, 6.45) is 0.831. The molecule has 0 spiro atoms. The largest absolute Gasteiger partial charge is 0.361 e. The molecule has 0 fully saturated rings. The molecular weight excluding hydrogens is 280 g/mol. The maximum Gasteiger partial charge on any atom is 0.330 e. The minimum Gasteiger partial charge on any atom is -0.361 e. The Morgan fingerprint density at radius 1 is 1.27 bits per heavy atom. The van der Waals surface area contributed by atoms with Crippen LogP contribution in [0.2, 0.25) is 0 Å². The Labute approximate surface area is 128 Å². The molecule has 2 aromatic rings. The molecule has 1 heterocycles. The van der Waals surface area contributed by atoms with Crippen LogP contribution in [0.3, 0.4) is 0 Å². The number of rotatable bonds is 4. The first kappa shape index (κ1) is 14.8. The Kier molecular flexibility index (Phi) is 3.98. The average Bonchev–Trinajstić information content (AvgIpc) is 2.86. The van der Waals surface area contributed by atoms with E-state index >= 15 is 0 Å². The lowest BCUT2D eigenvalue weighted by Gasteiger charge is -2.17. The topological polar surface area (TPSA) is 64.1 Å². The van der Waals surface area contributed by atoms with Crippen molar-refractivity contribution in [3.63, 3.8) is 0 Å². The lowest BCUT2D eigenvalue weighted by Crippen LogP contribution is -2.35. The molecule has 0 amide bonds. The monoisotopic (exact) mass is 300 g/mol. The Bertz CT molecular complexity index is 777. The third kappa shape index (κ3) is 2.41. The second-order valence-electron chi connectivity index (χ2n) is 5.71. The normalized spacial score (nSPS) is 20.1. The van der Waals surface area contributed by atoms with E-state index in [1.54, 1.807) is 4.57 Å². The fraction of sp³-hybridized carbons (Fsp3) is 0.412. The zero-order valence-electron chi connectivity index (χ0n) is 12.8. The summed E-state index contributed by atoms with van der Waals surface area (Å²) in [6, 6.07) is 10.0. The fourth-order valence-corrected chi connectivity index (χ4v) is 3.33. The molecule has 1 aromatic heterocycles. The quantitative estimate of drug-likeness (QED) is 0.941. The first-order valence-corrected chi connectivity index (χ1v) is 7.63. The molecule has 5 nitrogen and oxygen atoms in total. The molecule has 22 heavy (non-hydrogen) atoms. The van der Waals surface area contributed by atoms with E-state index in [2.05, 4.69) is 4.98 Å². The Balaban J connectivity index is 2.20. The Hall–Kier alpha value is -2.14. The van der Waals surface area contributed by atoms with Crippen molar-refractivity contribution in [3.05, 3.63) is 68.0 Å². The van der Waals surface area contributed by atoms with E-state index < -0.39 is 5.69 Å². The molecule has 0 saturated carbocycles. The molecule has 3 rings (SSSR count). The van der Waals surface area contributed by atoms with Crippen molar-refractivity contribution in [2.24, 2.45) is 0 Å². The van der Waals surface area contributed by atoms with Gasteiger partial charge in [0.05, 0.1) is 0 Å². The van der Waals surface area contributed by atoms with Gasteiger partial charge in [-0.1, -0.05) is 37.3 Å². The number of hydrogen-bond donors (Lipinski definition) is 1. The highest BCUT2D eigenvalue weighted by Crippen LogP contribution is 2.42. The van der Waals surface area contributed by atoms with E-state index in [9.17, 15) is 9.59 Å². The molecule has 5 heteroatoms. The molecular formula is C17H20N2O3. The van der Waals surface area contributed by atoms with Gasteiger partial charge in [0.1, 0.15) is 6.73 Å².